The number of carbonyl (C=O) groups excluding carboxylic acids is 2. The van der Waals surface area contributed by atoms with Crippen molar-refractivity contribution in [2.45, 2.75) is 51.6 Å². The highest BCUT2D eigenvalue weighted by atomic mass is 16.5. The van der Waals surface area contributed by atoms with Crippen molar-refractivity contribution in [1.82, 2.24) is 10.2 Å². The molecule has 0 radical (unpaired) electrons. The molecule has 0 bridgehead atoms. The molecule has 1 fully saturated rings. The zero-order valence-corrected chi connectivity index (χ0v) is 14.2. The van der Waals surface area contributed by atoms with Gasteiger partial charge in [0.25, 0.3) is 0 Å². The minimum Gasteiger partial charge on any atom is -0.497 e. The van der Waals surface area contributed by atoms with Crippen molar-refractivity contribution in [3.8, 4) is 5.75 Å². The molecule has 1 aromatic carbocycles. The summed E-state index contributed by atoms with van der Waals surface area (Å²) >= 11 is 0. The van der Waals surface area contributed by atoms with Gasteiger partial charge in [-0.05, 0) is 43.9 Å². The molecule has 2 atom stereocenters. The van der Waals surface area contributed by atoms with Crippen LogP contribution in [0, 0.1) is 0 Å². The maximum Gasteiger partial charge on any atom is 0.225 e. The molecule has 2 amide bonds. The second kappa shape index (κ2) is 7.99. The lowest BCUT2D eigenvalue weighted by Gasteiger charge is -2.34. The highest BCUT2D eigenvalue weighted by molar-refractivity contribution is 5.79. The predicted molar refractivity (Wildman–Crippen MR) is 89.2 cm³/mol. The van der Waals surface area contributed by atoms with Gasteiger partial charge in [0.1, 0.15) is 5.75 Å². The van der Waals surface area contributed by atoms with Gasteiger partial charge in [0.05, 0.1) is 19.6 Å². The summed E-state index contributed by atoms with van der Waals surface area (Å²) in [7, 11) is 1.61. The van der Waals surface area contributed by atoms with E-state index in [0.717, 1.165) is 30.7 Å². The van der Waals surface area contributed by atoms with E-state index in [0.29, 0.717) is 0 Å². The number of nitrogens with one attached hydrogen (secondary N) is 1. The summed E-state index contributed by atoms with van der Waals surface area (Å²) in [5.74, 6) is 0.725. The fraction of sp³-hybridized carbons (Fsp3) is 0.556. The van der Waals surface area contributed by atoms with Crippen molar-refractivity contribution in [2.24, 2.45) is 0 Å². The Morgan fingerprint density at radius 3 is 2.57 bits per heavy atom. The summed E-state index contributed by atoms with van der Waals surface area (Å²) in [6.07, 6.45) is 3.58. The molecule has 1 aliphatic heterocycles. The van der Waals surface area contributed by atoms with E-state index in [1.165, 1.54) is 13.3 Å². The zero-order chi connectivity index (χ0) is 16.8. The minimum atomic E-state index is -0.306. The van der Waals surface area contributed by atoms with Gasteiger partial charge in [0.2, 0.25) is 11.8 Å². The molecule has 2 rings (SSSR count). The predicted octanol–water partition coefficient (Wildman–Crippen LogP) is 2.66. The Morgan fingerprint density at radius 2 is 2.00 bits per heavy atom. The van der Waals surface area contributed by atoms with Crippen molar-refractivity contribution >= 4 is 11.8 Å². The van der Waals surface area contributed by atoms with E-state index in [-0.39, 0.29) is 30.3 Å². The van der Waals surface area contributed by atoms with Crippen LogP contribution in [0.5, 0.6) is 5.75 Å². The van der Waals surface area contributed by atoms with E-state index in [9.17, 15) is 9.59 Å². The first-order valence-corrected chi connectivity index (χ1v) is 8.21. The summed E-state index contributed by atoms with van der Waals surface area (Å²) in [6, 6.07) is 7.46. The average molecular weight is 318 g/mol. The monoisotopic (exact) mass is 318 g/mol. The van der Waals surface area contributed by atoms with E-state index >= 15 is 0 Å². The van der Waals surface area contributed by atoms with E-state index in [2.05, 4.69) is 12.2 Å². The lowest BCUT2D eigenvalue weighted by molar-refractivity contribution is -0.135. The highest BCUT2D eigenvalue weighted by Gasteiger charge is 2.26. The van der Waals surface area contributed by atoms with E-state index in [1.54, 1.807) is 7.11 Å². The summed E-state index contributed by atoms with van der Waals surface area (Å²) in [4.78, 5) is 26.1. The quantitative estimate of drug-likeness (QED) is 0.908. The number of piperidine rings is 1. The normalized spacial score (nSPS) is 19.1. The Morgan fingerprint density at radius 1 is 1.30 bits per heavy atom. The van der Waals surface area contributed by atoms with Crippen molar-refractivity contribution in [3.05, 3.63) is 29.8 Å². The number of amides is 2. The third-order valence-electron chi connectivity index (χ3n) is 4.40. The van der Waals surface area contributed by atoms with Crippen LogP contribution in [0.25, 0.3) is 0 Å². The topological polar surface area (TPSA) is 58.6 Å². The van der Waals surface area contributed by atoms with Crippen LogP contribution >= 0.6 is 0 Å². The largest absolute Gasteiger partial charge is 0.497 e. The van der Waals surface area contributed by atoms with Gasteiger partial charge in [0.15, 0.2) is 0 Å². The number of likely N-dealkylation sites (tertiary alicyclic amines) is 1. The van der Waals surface area contributed by atoms with E-state index < -0.39 is 0 Å². The molecule has 5 heteroatoms. The number of rotatable bonds is 5. The first-order valence-electron chi connectivity index (χ1n) is 8.21. The van der Waals surface area contributed by atoms with Crippen molar-refractivity contribution < 1.29 is 14.3 Å². The minimum absolute atomic E-state index is 0.103. The van der Waals surface area contributed by atoms with Crippen LogP contribution in [0.15, 0.2) is 24.3 Å². The van der Waals surface area contributed by atoms with Gasteiger partial charge in [-0.3, -0.25) is 9.59 Å². The summed E-state index contributed by atoms with van der Waals surface area (Å²) < 4.78 is 5.16. The molecule has 23 heavy (non-hydrogen) atoms. The average Bonchev–Trinajstić information content (AvgIpc) is 2.54. The molecular formula is C18H26N2O3. The van der Waals surface area contributed by atoms with Crippen LogP contribution in [-0.2, 0) is 9.59 Å². The number of benzene rings is 1. The Bertz CT molecular complexity index is 542. The summed E-state index contributed by atoms with van der Waals surface area (Å²) in [5.41, 5.74) is 0.916. The number of hydrogen-bond donors (Lipinski definition) is 1. The third-order valence-corrected chi connectivity index (χ3v) is 4.40. The third kappa shape index (κ3) is 4.71. The van der Waals surface area contributed by atoms with Crippen LogP contribution < -0.4 is 10.1 Å². The molecule has 0 aromatic heterocycles. The number of ether oxygens (including phenoxy) is 1. The second-order valence-electron chi connectivity index (χ2n) is 6.16. The number of hydrogen-bond acceptors (Lipinski definition) is 3. The van der Waals surface area contributed by atoms with Gasteiger partial charge in [-0.2, -0.15) is 0 Å². The summed E-state index contributed by atoms with van der Waals surface area (Å²) in [5, 5.41) is 2.89. The smallest absolute Gasteiger partial charge is 0.225 e. The Kier molecular flexibility index (Phi) is 6.02. The highest BCUT2D eigenvalue weighted by Crippen LogP contribution is 2.24. The van der Waals surface area contributed by atoms with Gasteiger partial charge in [-0.25, -0.2) is 0 Å². The lowest BCUT2D eigenvalue weighted by Crippen LogP contribution is -2.43. The molecule has 1 N–H and O–H groups in total. The zero-order valence-electron chi connectivity index (χ0n) is 14.2. The molecule has 1 saturated heterocycles. The maximum absolute atomic E-state index is 12.6. The lowest BCUT2D eigenvalue weighted by atomic mass is 9.99. The molecule has 126 valence electrons. The van der Waals surface area contributed by atoms with Crippen LogP contribution in [0.1, 0.15) is 51.1 Å². The molecular weight excluding hydrogens is 292 g/mol. The van der Waals surface area contributed by atoms with Crippen LogP contribution in [0.4, 0.5) is 0 Å². The van der Waals surface area contributed by atoms with E-state index in [4.69, 9.17) is 4.74 Å². The first kappa shape index (κ1) is 17.3. The second-order valence-corrected chi connectivity index (χ2v) is 6.16. The van der Waals surface area contributed by atoms with Gasteiger partial charge < -0.3 is 15.0 Å². The molecule has 0 aliphatic carbocycles. The standard InChI is InChI=1S/C18H26N2O3/c1-13-6-4-5-11-20(13)18(22)12-17(19-14(2)21)15-7-9-16(23-3)10-8-15/h7-10,13,17H,4-6,11-12H2,1-3H3,(H,19,21)/t13-,17+/m0/s1. The van der Waals surface area contributed by atoms with Crippen LogP contribution in [0.2, 0.25) is 0 Å². The first-order chi connectivity index (χ1) is 11.0. The Balaban J connectivity index is 2.10. The van der Waals surface area contributed by atoms with E-state index in [1.807, 2.05) is 29.2 Å². The SMILES string of the molecule is COc1ccc([C@@H](CC(=O)N2CCCC[C@@H]2C)NC(C)=O)cc1. The van der Waals surface area contributed by atoms with Crippen LogP contribution in [-0.4, -0.2) is 36.4 Å². The van der Waals surface area contributed by atoms with Crippen molar-refractivity contribution in [2.75, 3.05) is 13.7 Å². The van der Waals surface area contributed by atoms with Crippen molar-refractivity contribution in [1.29, 1.82) is 0 Å². The molecule has 0 spiro atoms. The molecule has 1 heterocycles. The maximum atomic E-state index is 12.6. The van der Waals surface area contributed by atoms with Gasteiger partial charge >= 0.3 is 0 Å². The Hall–Kier alpha value is -2.04. The van der Waals surface area contributed by atoms with Crippen LogP contribution in [0.3, 0.4) is 0 Å². The fourth-order valence-electron chi connectivity index (χ4n) is 3.09. The Labute approximate surface area is 138 Å². The van der Waals surface area contributed by atoms with Crippen molar-refractivity contribution in [3.63, 3.8) is 0 Å². The molecule has 0 unspecified atom stereocenters. The number of nitrogens with zero attached hydrogens (tertiary/aromatic N) is 1. The number of methoxy groups -OCH3 is 1. The van der Waals surface area contributed by atoms with Gasteiger partial charge in [-0.1, -0.05) is 12.1 Å². The molecule has 5 nitrogen and oxygen atoms in total. The summed E-state index contributed by atoms with van der Waals surface area (Å²) in [6.45, 7) is 4.39. The number of carbonyl (C=O) groups is 2. The van der Waals surface area contributed by atoms with Gasteiger partial charge in [-0.15, -0.1) is 0 Å². The molecule has 1 aromatic rings. The van der Waals surface area contributed by atoms with Gasteiger partial charge in [0, 0.05) is 19.5 Å². The molecule has 1 aliphatic rings. The fourth-order valence-corrected chi connectivity index (χ4v) is 3.09. The molecule has 0 saturated carbocycles.